The van der Waals surface area contributed by atoms with Crippen molar-refractivity contribution < 1.29 is 9.28 Å². The van der Waals surface area contributed by atoms with E-state index in [9.17, 15) is 4.79 Å². The van der Waals surface area contributed by atoms with E-state index in [0.717, 1.165) is 36.1 Å². The van der Waals surface area contributed by atoms with Gasteiger partial charge in [0, 0.05) is 25.1 Å². The van der Waals surface area contributed by atoms with Crippen LogP contribution in [0.3, 0.4) is 0 Å². The second kappa shape index (κ2) is 8.33. The molecule has 0 spiro atoms. The molecule has 0 bridgehead atoms. The van der Waals surface area contributed by atoms with E-state index in [1.54, 1.807) is 0 Å². The highest BCUT2D eigenvalue weighted by molar-refractivity contribution is 5.93. The fourth-order valence-corrected chi connectivity index (χ4v) is 2.58. The van der Waals surface area contributed by atoms with Crippen molar-refractivity contribution in [2.75, 3.05) is 39.1 Å². The largest absolute Gasteiger partial charge is 0.331 e. The zero-order valence-corrected chi connectivity index (χ0v) is 15.2. The lowest BCUT2D eigenvalue weighted by Gasteiger charge is -2.27. The molecule has 3 heteroatoms. The average molecular weight is 305 g/mol. The predicted octanol–water partition coefficient (Wildman–Crippen LogP) is 3.72. The maximum Gasteiger partial charge on any atom is 0.226 e. The Hall–Kier alpha value is -1.35. The Bertz CT molecular complexity index is 457. The molecular weight excluding hydrogens is 272 g/mol. The predicted molar refractivity (Wildman–Crippen MR) is 95.1 cm³/mol. The third-order valence-electron chi connectivity index (χ3n) is 3.71. The lowest BCUT2D eigenvalue weighted by atomic mass is 10.0. The van der Waals surface area contributed by atoms with Gasteiger partial charge in [-0.15, -0.1) is 0 Å². The van der Waals surface area contributed by atoms with Crippen molar-refractivity contribution in [1.82, 2.24) is 0 Å². The smallest absolute Gasteiger partial charge is 0.226 e. The third-order valence-corrected chi connectivity index (χ3v) is 3.71. The summed E-state index contributed by atoms with van der Waals surface area (Å²) in [5.74, 6) is 0.863. The molecule has 0 saturated heterocycles. The number of rotatable bonds is 8. The maximum atomic E-state index is 12.3. The zero-order valence-electron chi connectivity index (χ0n) is 15.2. The van der Waals surface area contributed by atoms with E-state index < -0.39 is 0 Å². The van der Waals surface area contributed by atoms with Crippen LogP contribution in [0.4, 0.5) is 5.69 Å². The topological polar surface area (TPSA) is 20.3 Å². The number of amides is 1. The molecule has 0 aliphatic heterocycles. The minimum absolute atomic E-state index is 0.206. The number of anilines is 1. The molecule has 0 saturated carbocycles. The van der Waals surface area contributed by atoms with Crippen LogP contribution in [0.1, 0.15) is 39.2 Å². The molecule has 0 aliphatic rings. The van der Waals surface area contributed by atoms with Crippen molar-refractivity contribution in [2.45, 2.75) is 40.0 Å². The summed E-state index contributed by atoms with van der Waals surface area (Å²) >= 11 is 0. The molecule has 0 atom stereocenters. The van der Waals surface area contributed by atoms with Crippen molar-refractivity contribution >= 4 is 11.6 Å². The van der Waals surface area contributed by atoms with E-state index in [2.05, 4.69) is 59.3 Å². The molecule has 0 fully saturated rings. The number of quaternary nitrogens is 1. The molecule has 22 heavy (non-hydrogen) atoms. The van der Waals surface area contributed by atoms with Gasteiger partial charge in [0.15, 0.2) is 0 Å². The first-order valence-corrected chi connectivity index (χ1v) is 8.42. The van der Waals surface area contributed by atoms with Gasteiger partial charge >= 0.3 is 0 Å². The van der Waals surface area contributed by atoms with Gasteiger partial charge in [-0.3, -0.25) is 4.79 Å². The third kappa shape index (κ3) is 6.61. The summed E-state index contributed by atoms with van der Waals surface area (Å²) in [7, 11) is 6.56. The van der Waals surface area contributed by atoms with E-state index in [-0.39, 0.29) is 5.91 Å². The van der Waals surface area contributed by atoms with Crippen LogP contribution in [-0.4, -0.2) is 44.6 Å². The summed E-state index contributed by atoms with van der Waals surface area (Å²) in [5.41, 5.74) is 2.37. The van der Waals surface area contributed by atoms with Crippen molar-refractivity contribution in [1.29, 1.82) is 0 Å². The Balaban J connectivity index is 2.77. The normalized spacial score (nSPS) is 11.8. The second-order valence-corrected chi connectivity index (χ2v) is 7.53. The molecule has 1 aromatic rings. The monoisotopic (exact) mass is 305 g/mol. The summed E-state index contributed by atoms with van der Waals surface area (Å²) in [4.78, 5) is 14.2. The first-order chi connectivity index (χ1) is 10.2. The number of carbonyl (C=O) groups is 1. The molecule has 124 valence electrons. The minimum Gasteiger partial charge on any atom is -0.331 e. The lowest BCUT2D eigenvalue weighted by molar-refractivity contribution is -0.870. The van der Waals surface area contributed by atoms with Crippen LogP contribution < -0.4 is 4.90 Å². The van der Waals surface area contributed by atoms with Gasteiger partial charge in [-0.2, -0.15) is 0 Å². The van der Waals surface area contributed by atoms with Gasteiger partial charge in [0.2, 0.25) is 5.91 Å². The van der Waals surface area contributed by atoms with Crippen molar-refractivity contribution in [3.8, 4) is 0 Å². The highest BCUT2D eigenvalue weighted by Gasteiger charge is 2.15. The summed E-state index contributed by atoms with van der Waals surface area (Å²) in [6.45, 7) is 8.25. The fraction of sp³-hybridized carbons (Fsp3) is 0.632. The molecule has 0 N–H and O–H groups in total. The average Bonchev–Trinajstić information content (AvgIpc) is 2.42. The molecule has 0 aromatic heterocycles. The van der Waals surface area contributed by atoms with Gasteiger partial charge in [-0.25, -0.2) is 0 Å². The van der Waals surface area contributed by atoms with Crippen LogP contribution in [0.15, 0.2) is 24.3 Å². The molecule has 0 unspecified atom stereocenters. The Morgan fingerprint density at radius 2 is 1.73 bits per heavy atom. The molecule has 0 radical (unpaired) electrons. The number of hydrogen-bond donors (Lipinski definition) is 0. The van der Waals surface area contributed by atoms with E-state index in [1.807, 2.05) is 11.8 Å². The van der Waals surface area contributed by atoms with Crippen LogP contribution in [0.5, 0.6) is 0 Å². The van der Waals surface area contributed by atoms with Crippen LogP contribution in [0.25, 0.3) is 0 Å². The quantitative estimate of drug-likeness (QED) is 0.670. The Labute approximate surface area is 136 Å². The maximum absolute atomic E-state index is 12.3. The van der Waals surface area contributed by atoms with E-state index in [1.165, 1.54) is 5.56 Å². The van der Waals surface area contributed by atoms with E-state index >= 15 is 0 Å². The SMILES string of the molecule is CCC(=O)N(CCC[N+](C)(C)C)c1ccc(CC(C)C)cc1. The van der Waals surface area contributed by atoms with Gasteiger partial charge in [0.05, 0.1) is 27.7 Å². The molecule has 0 aliphatic carbocycles. The summed E-state index contributed by atoms with van der Waals surface area (Å²) in [6, 6.07) is 8.50. The second-order valence-electron chi connectivity index (χ2n) is 7.53. The molecule has 1 aromatic carbocycles. The lowest BCUT2D eigenvalue weighted by Crippen LogP contribution is -2.39. The molecule has 3 nitrogen and oxygen atoms in total. The van der Waals surface area contributed by atoms with Crippen molar-refractivity contribution in [2.24, 2.45) is 5.92 Å². The molecule has 1 amide bonds. The van der Waals surface area contributed by atoms with Crippen molar-refractivity contribution in [3.05, 3.63) is 29.8 Å². The Morgan fingerprint density at radius 3 is 2.18 bits per heavy atom. The van der Waals surface area contributed by atoms with Gasteiger partial charge in [-0.05, 0) is 30.0 Å². The fourth-order valence-electron chi connectivity index (χ4n) is 2.58. The van der Waals surface area contributed by atoms with Crippen molar-refractivity contribution in [3.63, 3.8) is 0 Å². The Kier molecular flexibility index (Phi) is 7.08. The summed E-state index contributed by atoms with van der Waals surface area (Å²) in [5, 5.41) is 0. The van der Waals surface area contributed by atoms with Crippen LogP contribution in [-0.2, 0) is 11.2 Å². The molecule has 1 rings (SSSR count). The zero-order chi connectivity index (χ0) is 16.8. The standard InChI is InChI=1S/C19H33N2O/c1-7-19(22)20(13-8-14-21(4,5)6)18-11-9-17(10-12-18)15-16(2)3/h9-12,16H,7-8,13-15H2,1-6H3/q+1. The molecular formula is C19H33N2O+. The first-order valence-electron chi connectivity index (χ1n) is 8.42. The highest BCUT2D eigenvalue weighted by atomic mass is 16.2. The van der Waals surface area contributed by atoms with Gasteiger partial charge < -0.3 is 9.38 Å². The van der Waals surface area contributed by atoms with Crippen LogP contribution in [0.2, 0.25) is 0 Å². The summed E-state index contributed by atoms with van der Waals surface area (Å²) in [6.07, 6.45) is 2.66. The number of hydrogen-bond acceptors (Lipinski definition) is 1. The minimum atomic E-state index is 0.206. The molecule has 0 heterocycles. The first kappa shape index (κ1) is 18.7. The Morgan fingerprint density at radius 1 is 1.14 bits per heavy atom. The summed E-state index contributed by atoms with van der Waals surface area (Å²) < 4.78 is 0.932. The van der Waals surface area contributed by atoms with E-state index in [4.69, 9.17) is 0 Å². The van der Waals surface area contributed by atoms with Crippen LogP contribution >= 0.6 is 0 Å². The van der Waals surface area contributed by atoms with Gasteiger partial charge in [0.1, 0.15) is 0 Å². The van der Waals surface area contributed by atoms with Gasteiger partial charge in [0.25, 0.3) is 0 Å². The van der Waals surface area contributed by atoms with Gasteiger partial charge in [-0.1, -0.05) is 32.9 Å². The number of benzene rings is 1. The highest BCUT2D eigenvalue weighted by Crippen LogP contribution is 2.19. The number of nitrogens with zero attached hydrogens (tertiary/aromatic N) is 2. The number of carbonyl (C=O) groups excluding carboxylic acids is 1. The van der Waals surface area contributed by atoms with Crippen LogP contribution in [0, 0.1) is 5.92 Å². The van der Waals surface area contributed by atoms with E-state index in [0.29, 0.717) is 12.3 Å².